The Morgan fingerprint density at radius 2 is 1.85 bits per heavy atom. The van der Waals surface area contributed by atoms with E-state index in [1.165, 1.54) is 7.11 Å². The van der Waals surface area contributed by atoms with Gasteiger partial charge in [0.15, 0.2) is 11.7 Å². The van der Waals surface area contributed by atoms with Crippen molar-refractivity contribution in [1.29, 1.82) is 0 Å². The van der Waals surface area contributed by atoms with E-state index in [0.29, 0.717) is 27.7 Å². The highest BCUT2D eigenvalue weighted by molar-refractivity contribution is 6.31. The zero-order chi connectivity index (χ0) is 14.5. The van der Waals surface area contributed by atoms with Crippen molar-refractivity contribution in [2.45, 2.75) is 6.92 Å². The van der Waals surface area contributed by atoms with E-state index < -0.39 is 0 Å². The smallest absolute Gasteiger partial charge is 0.195 e. The Kier molecular flexibility index (Phi) is 4.53. The average molecular weight is 288 g/mol. The summed E-state index contributed by atoms with van der Waals surface area (Å²) in [6, 6.07) is 14.1. The topological polar surface area (TPSA) is 38.7 Å². The molecule has 0 radical (unpaired) electrons. The van der Waals surface area contributed by atoms with Crippen LogP contribution in [0, 0.1) is 0 Å². The Hall–Kier alpha value is -2.13. The van der Waals surface area contributed by atoms with Gasteiger partial charge in [0.2, 0.25) is 0 Å². The van der Waals surface area contributed by atoms with Gasteiger partial charge in [-0.1, -0.05) is 41.9 Å². The molecule has 2 aromatic rings. The molecule has 0 spiro atoms. The lowest BCUT2D eigenvalue weighted by molar-refractivity contribution is 0.103. The first-order valence-corrected chi connectivity index (χ1v) is 6.48. The Balaban J connectivity index is 2.50. The van der Waals surface area contributed by atoms with Crippen molar-refractivity contribution in [3.8, 4) is 0 Å². The van der Waals surface area contributed by atoms with Gasteiger partial charge in [-0.25, -0.2) is 4.99 Å². The molecule has 0 saturated heterocycles. The maximum atomic E-state index is 12.5. The summed E-state index contributed by atoms with van der Waals surface area (Å²) >= 11 is 5.99. The Morgan fingerprint density at radius 1 is 1.15 bits per heavy atom. The van der Waals surface area contributed by atoms with E-state index in [-0.39, 0.29) is 5.78 Å². The van der Waals surface area contributed by atoms with Crippen LogP contribution in [0.2, 0.25) is 5.02 Å². The van der Waals surface area contributed by atoms with Crippen LogP contribution >= 0.6 is 11.6 Å². The number of carbonyl (C=O) groups excluding carboxylic acids is 1. The summed E-state index contributed by atoms with van der Waals surface area (Å²) in [6.07, 6.45) is 0. The van der Waals surface area contributed by atoms with E-state index in [0.717, 1.165) is 0 Å². The van der Waals surface area contributed by atoms with E-state index in [9.17, 15) is 4.79 Å². The van der Waals surface area contributed by atoms with Crippen molar-refractivity contribution in [2.24, 2.45) is 4.99 Å². The molecule has 4 heteroatoms. The Labute approximate surface area is 122 Å². The number of ketones is 1. The van der Waals surface area contributed by atoms with Crippen LogP contribution in [0.25, 0.3) is 0 Å². The van der Waals surface area contributed by atoms with Crippen LogP contribution in [-0.2, 0) is 4.74 Å². The molecule has 0 unspecified atom stereocenters. The van der Waals surface area contributed by atoms with E-state index in [1.54, 1.807) is 37.3 Å². The molecule has 2 aromatic carbocycles. The molecule has 0 aliphatic carbocycles. The molecule has 0 bridgehead atoms. The molecule has 0 amide bonds. The van der Waals surface area contributed by atoms with Crippen molar-refractivity contribution in [1.82, 2.24) is 0 Å². The highest BCUT2D eigenvalue weighted by atomic mass is 35.5. The van der Waals surface area contributed by atoms with Gasteiger partial charge in [0.1, 0.15) is 0 Å². The van der Waals surface area contributed by atoms with Crippen LogP contribution in [0.5, 0.6) is 0 Å². The predicted octanol–water partition coefficient (Wildman–Crippen LogP) is 4.27. The number of nitrogens with zero attached hydrogens (tertiary/aromatic N) is 1. The first-order chi connectivity index (χ1) is 9.61. The van der Waals surface area contributed by atoms with E-state index in [2.05, 4.69) is 4.99 Å². The number of hydrogen-bond donors (Lipinski definition) is 0. The normalized spacial score (nSPS) is 11.2. The second kappa shape index (κ2) is 6.35. The maximum absolute atomic E-state index is 12.5. The van der Waals surface area contributed by atoms with Gasteiger partial charge in [0.25, 0.3) is 0 Å². The molecule has 0 aliphatic rings. The van der Waals surface area contributed by atoms with Crippen LogP contribution in [0.4, 0.5) is 5.69 Å². The van der Waals surface area contributed by atoms with E-state index >= 15 is 0 Å². The van der Waals surface area contributed by atoms with Gasteiger partial charge in [0, 0.05) is 23.1 Å². The highest BCUT2D eigenvalue weighted by Gasteiger charge is 2.14. The van der Waals surface area contributed by atoms with E-state index in [1.807, 2.05) is 18.2 Å². The number of hydrogen-bond acceptors (Lipinski definition) is 3. The molecule has 0 heterocycles. The summed E-state index contributed by atoms with van der Waals surface area (Å²) in [5.74, 6) is 0.366. The quantitative estimate of drug-likeness (QED) is 0.480. The first kappa shape index (κ1) is 14.3. The predicted molar refractivity (Wildman–Crippen MR) is 81.1 cm³/mol. The van der Waals surface area contributed by atoms with Gasteiger partial charge in [-0.15, -0.1) is 0 Å². The molecule has 0 saturated carbocycles. The average Bonchev–Trinajstić information content (AvgIpc) is 2.49. The molecular formula is C16H14ClNO2. The molecular weight excluding hydrogens is 274 g/mol. The third-order valence-electron chi connectivity index (χ3n) is 2.81. The number of rotatable bonds is 3. The zero-order valence-electron chi connectivity index (χ0n) is 11.3. The molecule has 102 valence electrons. The number of methoxy groups -OCH3 is 1. The van der Waals surface area contributed by atoms with Crippen molar-refractivity contribution in [3.63, 3.8) is 0 Å². The number of aliphatic imine (C=N–C) groups is 1. The fraction of sp³-hybridized carbons (Fsp3) is 0.125. The minimum absolute atomic E-state index is 0.115. The lowest BCUT2D eigenvalue weighted by Crippen LogP contribution is -2.02. The molecule has 0 aliphatic heterocycles. The first-order valence-electron chi connectivity index (χ1n) is 6.10. The van der Waals surface area contributed by atoms with Gasteiger partial charge in [0.05, 0.1) is 12.8 Å². The Bertz CT molecular complexity index is 651. The van der Waals surface area contributed by atoms with Crippen molar-refractivity contribution in [3.05, 3.63) is 64.7 Å². The number of carbonyl (C=O) groups is 1. The lowest BCUT2D eigenvalue weighted by atomic mass is 10.0. The molecule has 0 fully saturated rings. The number of benzene rings is 2. The summed E-state index contributed by atoms with van der Waals surface area (Å²) in [5, 5.41) is 0.498. The summed E-state index contributed by atoms with van der Waals surface area (Å²) in [6.45, 7) is 1.73. The van der Waals surface area contributed by atoms with Crippen LogP contribution in [0.1, 0.15) is 22.8 Å². The summed E-state index contributed by atoms with van der Waals surface area (Å²) in [7, 11) is 1.54. The third-order valence-corrected chi connectivity index (χ3v) is 3.05. The maximum Gasteiger partial charge on any atom is 0.195 e. The van der Waals surface area contributed by atoms with Gasteiger partial charge in [-0.05, 0) is 18.2 Å². The Morgan fingerprint density at radius 3 is 2.50 bits per heavy atom. The van der Waals surface area contributed by atoms with E-state index in [4.69, 9.17) is 16.3 Å². The second-order valence-electron chi connectivity index (χ2n) is 4.19. The molecule has 0 atom stereocenters. The third kappa shape index (κ3) is 3.25. The zero-order valence-corrected chi connectivity index (χ0v) is 12.0. The molecule has 2 rings (SSSR count). The largest absolute Gasteiger partial charge is 0.484 e. The minimum atomic E-state index is -0.115. The van der Waals surface area contributed by atoms with Gasteiger partial charge < -0.3 is 4.74 Å². The molecule has 0 aromatic heterocycles. The fourth-order valence-corrected chi connectivity index (χ4v) is 1.92. The summed E-state index contributed by atoms with van der Waals surface area (Å²) in [5.41, 5.74) is 1.60. The number of halogens is 1. The van der Waals surface area contributed by atoms with Gasteiger partial charge >= 0.3 is 0 Å². The van der Waals surface area contributed by atoms with Crippen LogP contribution < -0.4 is 0 Å². The molecule has 0 N–H and O–H groups in total. The van der Waals surface area contributed by atoms with Gasteiger partial charge in [-0.3, -0.25) is 4.79 Å². The molecule has 3 nitrogen and oxygen atoms in total. The van der Waals surface area contributed by atoms with Crippen LogP contribution in [0.15, 0.2) is 53.5 Å². The molecule has 20 heavy (non-hydrogen) atoms. The summed E-state index contributed by atoms with van der Waals surface area (Å²) < 4.78 is 5.03. The lowest BCUT2D eigenvalue weighted by Gasteiger charge is -2.07. The highest BCUT2D eigenvalue weighted by Crippen LogP contribution is 2.26. The fourth-order valence-electron chi connectivity index (χ4n) is 1.75. The van der Waals surface area contributed by atoms with Crippen molar-refractivity contribution >= 4 is 29.0 Å². The minimum Gasteiger partial charge on any atom is -0.484 e. The standard InChI is InChI=1S/C16H14ClNO2/c1-11(20-2)18-15-9-8-13(17)10-14(15)16(19)12-6-4-3-5-7-12/h3-10H,1-2H3. The van der Waals surface area contributed by atoms with Crippen molar-refractivity contribution < 1.29 is 9.53 Å². The number of ether oxygens (including phenoxy) is 1. The monoisotopic (exact) mass is 287 g/mol. The van der Waals surface area contributed by atoms with Crippen LogP contribution in [-0.4, -0.2) is 18.8 Å². The van der Waals surface area contributed by atoms with Crippen molar-refractivity contribution in [2.75, 3.05) is 7.11 Å². The van der Waals surface area contributed by atoms with Gasteiger partial charge in [-0.2, -0.15) is 0 Å². The second-order valence-corrected chi connectivity index (χ2v) is 4.63. The van der Waals surface area contributed by atoms with Crippen LogP contribution in [0.3, 0.4) is 0 Å². The summed E-state index contributed by atoms with van der Waals surface area (Å²) in [4.78, 5) is 16.8. The SMILES string of the molecule is COC(C)=Nc1ccc(Cl)cc1C(=O)c1ccccc1.